The van der Waals surface area contributed by atoms with E-state index >= 15 is 0 Å². The van der Waals surface area contributed by atoms with Crippen molar-refractivity contribution in [2.75, 3.05) is 6.61 Å². The van der Waals surface area contributed by atoms with Crippen molar-refractivity contribution < 1.29 is 14.0 Å². The maximum absolute atomic E-state index is 11.1. The van der Waals surface area contributed by atoms with Gasteiger partial charge in [0, 0.05) is 26.4 Å². The summed E-state index contributed by atoms with van der Waals surface area (Å²) in [7, 11) is -1.72. The fourth-order valence-electron chi connectivity index (χ4n) is 1.63. The minimum Gasteiger partial charge on any atom is -0.437 e. The van der Waals surface area contributed by atoms with Crippen LogP contribution in [0.5, 0.6) is 0 Å². The van der Waals surface area contributed by atoms with Crippen LogP contribution in [0.15, 0.2) is 0 Å². The summed E-state index contributed by atoms with van der Waals surface area (Å²) in [6, 6.07) is 0. The Labute approximate surface area is 150 Å². The Bertz CT molecular complexity index is 495. The van der Waals surface area contributed by atoms with Gasteiger partial charge in [-0.3, -0.25) is 4.79 Å². The van der Waals surface area contributed by atoms with Gasteiger partial charge >= 0.3 is 5.97 Å². The molecule has 0 saturated heterocycles. The number of carbonyl (C=O) groups excluding carboxylic acids is 1. The van der Waals surface area contributed by atoms with Gasteiger partial charge in [0.1, 0.15) is 0 Å². The van der Waals surface area contributed by atoms with Crippen LogP contribution in [0.25, 0.3) is 0 Å². The fraction of sp³-hybridized carbons (Fsp3) is 0.750. The van der Waals surface area contributed by atoms with E-state index in [1.54, 1.807) is 0 Å². The average Bonchev–Trinajstić information content (AvgIpc) is 2.44. The van der Waals surface area contributed by atoms with E-state index in [1.807, 2.05) is 0 Å². The monoisotopic (exact) mass is 350 g/mol. The molecule has 136 valence electrons. The summed E-state index contributed by atoms with van der Waals surface area (Å²) in [4.78, 5) is 11.1. The first-order valence-electron chi connectivity index (χ1n) is 8.88. The third-order valence-electron chi connectivity index (χ3n) is 4.15. The van der Waals surface area contributed by atoms with Gasteiger partial charge in [0.25, 0.3) is 0 Å². The summed E-state index contributed by atoms with van der Waals surface area (Å²) in [6.45, 7) is 15.3. The lowest BCUT2D eigenvalue weighted by Crippen LogP contribution is -2.40. The maximum atomic E-state index is 11.1. The second-order valence-corrected chi connectivity index (χ2v) is 12.3. The van der Waals surface area contributed by atoms with Crippen LogP contribution >= 0.6 is 0 Å². The number of esters is 1. The molecule has 4 heteroatoms. The molecular formula is C20H34O3Si. The summed E-state index contributed by atoms with van der Waals surface area (Å²) in [5.74, 6) is 11.6. The van der Waals surface area contributed by atoms with Gasteiger partial charge in [-0.2, -0.15) is 0 Å². The summed E-state index contributed by atoms with van der Waals surface area (Å²) in [5, 5.41) is 0.199. The lowest BCUT2D eigenvalue weighted by molar-refractivity contribution is -0.141. The van der Waals surface area contributed by atoms with Crippen LogP contribution in [0.1, 0.15) is 66.7 Å². The van der Waals surface area contributed by atoms with E-state index in [0.29, 0.717) is 13.0 Å². The molecule has 0 aromatic rings. The third kappa shape index (κ3) is 10.5. The van der Waals surface area contributed by atoms with Crippen molar-refractivity contribution in [2.45, 2.75) is 91.0 Å². The molecule has 0 aromatic heterocycles. The molecule has 0 bridgehead atoms. The Kier molecular flexibility index (Phi) is 10.8. The van der Waals surface area contributed by atoms with Gasteiger partial charge in [-0.25, -0.2) is 0 Å². The van der Waals surface area contributed by atoms with E-state index in [2.05, 4.69) is 64.5 Å². The predicted octanol–water partition coefficient (Wildman–Crippen LogP) is 4.92. The first-order valence-corrected chi connectivity index (χ1v) is 11.8. The number of ether oxygens (including phenoxy) is 1. The molecule has 0 saturated carbocycles. The van der Waals surface area contributed by atoms with Crippen molar-refractivity contribution >= 4 is 14.3 Å². The molecule has 0 N–H and O–H groups in total. The van der Waals surface area contributed by atoms with Crippen LogP contribution in [0.4, 0.5) is 0 Å². The summed E-state index contributed by atoms with van der Waals surface area (Å²) in [5.41, 5.74) is 0. The molecule has 0 heterocycles. The van der Waals surface area contributed by atoms with Crippen molar-refractivity contribution in [3.05, 3.63) is 0 Å². The van der Waals surface area contributed by atoms with Crippen molar-refractivity contribution in [1.29, 1.82) is 0 Å². The molecule has 0 aliphatic carbocycles. The van der Waals surface area contributed by atoms with E-state index in [1.165, 1.54) is 19.8 Å². The number of unbranched alkanes of at least 4 members (excludes halogenated alkanes) is 3. The Balaban J connectivity index is 4.46. The van der Waals surface area contributed by atoms with E-state index < -0.39 is 14.4 Å². The minimum absolute atomic E-state index is 0.199. The first-order chi connectivity index (χ1) is 11.1. The number of hydrogen-bond acceptors (Lipinski definition) is 3. The zero-order valence-electron chi connectivity index (χ0n) is 16.5. The highest BCUT2D eigenvalue weighted by atomic mass is 28.4. The second kappa shape index (κ2) is 11.3. The SMILES string of the molecule is CCCCCC#C[C@@H](C#CCCO[Si](C)(C)C(C)(C)C)OC(C)=O. The van der Waals surface area contributed by atoms with E-state index in [4.69, 9.17) is 9.16 Å². The minimum atomic E-state index is -1.72. The standard InChI is InChI=1S/C20H34O3Si/c1-8-9-10-11-12-15-19(23-18(2)21)16-13-14-17-22-24(6,7)20(3,4)5/h19H,8-11,14,17H2,1-7H3/t19-/m0/s1. The van der Waals surface area contributed by atoms with Gasteiger partial charge in [0.05, 0.1) is 0 Å². The molecule has 0 rings (SSSR count). The van der Waals surface area contributed by atoms with Crippen LogP contribution < -0.4 is 0 Å². The van der Waals surface area contributed by atoms with Crippen LogP contribution in [-0.2, 0) is 14.0 Å². The predicted molar refractivity (Wildman–Crippen MR) is 103 cm³/mol. The van der Waals surface area contributed by atoms with Gasteiger partial charge in [0.15, 0.2) is 8.32 Å². The summed E-state index contributed by atoms with van der Waals surface area (Å²) >= 11 is 0. The lowest BCUT2D eigenvalue weighted by Gasteiger charge is -2.35. The molecule has 0 spiro atoms. The normalized spacial score (nSPS) is 12.5. The van der Waals surface area contributed by atoms with Crippen molar-refractivity contribution in [3.63, 3.8) is 0 Å². The molecule has 3 nitrogen and oxygen atoms in total. The Morgan fingerprint density at radius 3 is 2.17 bits per heavy atom. The Morgan fingerprint density at radius 1 is 1.08 bits per heavy atom. The maximum Gasteiger partial charge on any atom is 0.304 e. The zero-order valence-corrected chi connectivity index (χ0v) is 17.5. The van der Waals surface area contributed by atoms with Crippen LogP contribution in [-0.4, -0.2) is 27.0 Å². The molecule has 0 aliphatic heterocycles. The molecule has 24 heavy (non-hydrogen) atoms. The third-order valence-corrected chi connectivity index (χ3v) is 8.69. The van der Waals surface area contributed by atoms with Gasteiger partial charge < -0.3 is 9.16 Å². The lowest BCUT2D eigenvalue weighted by atomic mass is 10.2. The highest BCUT2D eigenvalue weighted by Crippen LogP contribution is 2.36. The van der Waals surface area contributed by atoms with E-state index in [9.17, 15) is 4.79 Å². The highest BCUT2D eigenvalue weighted by Gasteiger charge is 2.36. The summed E-state index contributed by atoms with van der Waals surface area (Å²) in [6.07, 6.45) is 4.23. The van der Waals surface area contributed by atoms with Gasteiger partial charge in [-0.1, -0.05) is 52.4 Å². The second-order valence-electron chi connectivity index (χ2n) is 7.45. The molecule has 0 amide bonds. The van der Waals surface area contributed by atoms with E-state index in [0.717, 1.165) is 12.8 Å². The molecule has 0 radical (unpaired) electrons. The quantitative estimate of drug-likeness (QED) is 0.283. The van der Waals surface area contributed by atoms with Crippen LogP contribution in [0.2, 0.25) is 18.1 Å². The molecule has 0 aliphatic rings. The zero-order chi connectivity index (χ0) is 18.6. The van der Waals surface area contributed by atoms with Crippen LogP contribution in [0.3, 0.4) is 0 Å². The van der Waals surface area contributed by atoms with Gasteiger partial charge in [0.2, 0.25) is 6.10 Å². The van der Waals surface area contributed by atoms with Crippen molar-refractivity contribution in [3.8, 4) is 23.7 Å². The largest absolute Gasteiger partial charge is 0.437 e. The van der Waals surface area contributed by atoms with Gasteiger partial charge in [-0.15, -0.1) is 0 Å². The Morgan fingerprint density at radius 2 is 1.67 bits per heavy atom. The topological polar surface area (TPSA) is 35.5 Å². The number of rotatable bonds is 7. The van der Waals surface area contributed by atoms with E-state index in [-0.39, 0.29) is 11.0 Å². The molecule has 1 atom stereocenters. The van der Waals surface area contributed by atoms with Crippen LogP contribution in [0, 0.1) is 23.7 Å². The smallest absolute Gasteiger partial charge is 0.304 e. The van der Waals surface area contributed by atoms with Gasteiger partial charge in [-0.05, 0) is 36.4 Å². The fourth-order valence-corrected chi connectivity index (χ4v) is 2.67. The Hall–Kier alpha value is -1.23. The highest BCUT2D eigenvalue weighted by molar-refractivity contribution is 6.74. The first kappa shape index (κ1) is 22.8. The van der Waals surface area contributed by atoms with Crippen molar-refractivity contribution in [2.24, 2.45) is 0 Å². The number of carbonyl (C=O) groups is 1. The molecule has 0 unspecified atom stereocenters. The number of hydrogen-bond donors (Lipinski definition) is 0. The summed E-state index contributed by atoms with van der Waals surface area (Å²) < 4.78 is 11.2. The van der Waals surface area contributed by atoms with Crippen molar-refractivity contribution in [1.82, 2.24) is 0 Å². The molecule has 0 aromatic carbocycles. The molecule has 0 fully saturated rings. The molecular weight excluding hydrogens is 316 g/mol. The average molecular weight is 351 g/mol.